The highest BCUT2D eigenvalue weighted by Crippen LogP contribution is 2.28. The van der Waals surface area contributed by atoms with Gasteiger partial charge in [-0.15, -0.1) is 0 Å². The maximum Gasteiger partial charge on any atom is 0.322 e. The average Bonchev–Trinajstić information content (AvgIpc) is 3.21. The molecule has 0 saturated carbocycles. The maximum atomic E-state index is 12.6. The van der Waals surface area contributed by atoms with Gasteiger partial charge in [0.1, 0.15) is 5.54 Å². The third kappa shape index (κ3) is 2.82. The van der Waals surface area contributed by atoms with E-state index in [0.717, 1.165) is 5.56 Å². The van der Waals surface area contributed by atoms with E-state index in [1.165, 1.54) is 0 Å². The van der Waals surface area contributed by atoms with E-state index in [-0.39, 0.29) is 17.5 Å². The fourth-order valence-corrected chi connectivity index (χ4v) is 3.48. The number of carbonyl (C=O) groups excluding carboxylic acids is 3. The lowest BCUT2D eigenvalue weighted by Crippen LogP contribution is -2.55. The lowest BCUT2D eigenvalue weighted by atomic mass is 9.87. The van der Waals surface area contributed by atoms with Crippen molar-refractivity contribution >= 4 is 29.4 Å². The monoisotopic (exact) mass is 374 g/mol. The number of urea groups is 1. The topological polar surface area (TPSA) is 105 Å². The summed E-state index contributed by atoms with van der Waals surface area (Å²) >= 11 is 5.97. The molecule has 4 rings (SSSR count). The fourth-order valence-electron chi connectivity index (χ4n) is 3.29. The molecule has 0 radical (unpaired) electrons. The zero-order chi connectivity index (χ0) is 18.3. The molecule has 2 aliphatic rings. The number of halogens is 1. The Hall–Kier alpha value is -2.87. The molecular formula is C17H15ClN4O4. The molecule has 2 aliphatic heterocycles. The van der Waals surface area contributed by atoms with Crippen molar-refractivity contribution < 1.29 is 18.9 Å². The van der Waals surface area contributed by atoms with Crippen molar-refractivity contribution in [2.24, 2.45) is 0 Å². The molecule has 2 N–H and O–H groups in total. The van der Waals surface area contributed by atoms with Gasteiger partial charge >= 0.3 is 6.03 Å². The fraction of sp³-hybridized carbons (Fsp3) is 0.294. The van der Waals surface area contributed by atoms with E-state index in [0.29, 0.717) is 36.7 Å². The van der Waals surface area contributed by atoms with Gasteiger partial charge < -0.3 is 14.7 Å². The SMILES string of the molecule is O=C1NC(=O)C2(CCN(C(=O)c3cc(-c4cccc(Cl)c4)on3)CC2)N1. The molecule has 3 heterocycles. The molecule has 0 unspecified atom stereocenters. The minimum absolute atomic E-state index is 0.191. The van der Waals surface area contributed by atoms with E-state index in [2.05, 4.69) is 15.8 Å². The second-order valence-corrected chi connectivity index (χ2v) is 6.81. The second-order valence-electron chi connectivity index (χ2n) is 6.37. The highest BCUT2D eigenvalue weighted by atomic mass is 35.5. The Balaban J connectivity index is 1.46. The summed E-state index contributed by atoms with van der Waals surface area (Å²) in [4.78, 5) is 37.6. The van der Waals surface area contributed by atoms with E-state index in [4.69, 9.17) is 16.1 Å². The van der Waals surface area contributed by atoms with Gasteiger partial charge in [-0.05, 0) is 25.0 Å². The number of hydrogen-bond donors (Lipinski definition) is 2. The molecule has 1 spiro atoms. The lowest BCUT2D eigenvalue weighted by Gasteiger charge is -2.36. The van der Waals surface area contributed by atoms with Crippen LogP contribution in [-0.2, 0) is 4.79 Å². The van der Waals surface area contributed by atoms with Crippen LogP contribution in [0.4, 0.5) is 4.79 Å². The van der Waals surface area contributed by atoms with Crippen LogP contribution in [0.15, 0.2) is 34.9 Å². The first-order valence-corrected chi connectivity index (χ1v) is 8.50. The van der Waals surface area contributed by atoms with Crippen LogP contribution in [0.5, 0.6) is 0 Å². The van der Waals surface area contributed by atoms with Crippen LogP contribution in [0.3, 0.4) is 0 Å². The molecule has 134 valence electrons. The molecule has 0 atom stereocenters. The zero-order valence-electron chi connectivity index (χ0n) is 13.6. The summed E-state index contributed by atoms with van der Waals surface area (Å²) in [6.07, 6.45) is 0.713. The van der Waals surface area contributed by atoms with Crippen LogP contribution in [0, 0.1) is 0 Å². The van der Waals surface area contributed by atoms with Crippen molar-refractivity contribution in [3.63, 3.8) is 0 Å². The first-order valence-electron chi connectivity index (χ1n) is 8.12. The summed E-state index contributed by atoms with van der Waals surface area (Å²) in [5.41, 5.74) is 0.00622. The number of aromatic nitrogens is 1. The summed E-state index contributed by atoms with van der Waals surface area (Å²) in [7, 11) is 0. The number of nitrogens with zero attached hydrogens (tertiary/aromatic N) is 2. The molecule has 2 fully saturated rings. The molecule has 1 aromatic carbocycles. The molecule has 9 heteroatoms. The summed E-state index contributed by atoms with van der Waals surface area (Å²) in [6, 6.07) is 8.15. The van der Waals surface area contributed by atoms with E-state index < -0.39 is 11.6 Å². The van der Waals surface area contributed by atoms with Gasteiger partial charge in [0.25, 0.3) is 11.8 Å². The number of amides is 4. The number of rotatable bonds is 2. The third-order valence-electron chi connectivity index (χ3n) is 4.76. The number of imide groups is 1. The van der Waals surface area contributed by atoms with E-state index >= 15 is 0 Å². The average molecular weight is 375 g/mol. The first kappa shape index (κ1) is 16.6. The Morgan fingerprint density at radius 3 is 2.65 bits per heavy atom. The van der Waals surface area contributed by atoms with Gasteiger partial charge in [-0.1, -0.05) is 28.9 Å². The summed E-state index contributed by atoms with van der Waals surface area (Å²) < 4.78 is 5.26. The quantitative estimate of drug-likeness (QED) is 0.780. The van der Waals surface area contributed by atoms with Gasteiger partial charge in [0, 0.05) is 29.7 Å². The summed E-state index contributed by atoms with van der Waals surface area (Å²) in [6.45, 7) is 0.678. The molecule has 2 saturated heterocycles. The number of nitrogens with one attached hydrogen (secondary N) is 2. The number of carbonyl (C=O) groups is 3. The number of benzene rings is 1. The molecule has 26 heavy (non-hydrogen) atoms. The Bertz CT molecular complexity index is 902. The maximum absolute atomic E-state index is 12.6. The van der Waals surface area contributed by atoms with E-state index in [9.17, 15) is 14.4 Å². The predicted molar refractivity (Wildman–Crippen MR) is 91.5 cm³/mol. The molecule has 0 aliphatic carbocycles. The van der Waals surface area contributed by atoms with Crippen LogP contribution in [0.1, 0.15) is 23.3 Å². The molecule has 1 aromatic heterocycles. The largest absolute Gasteiger partial charge is 0.355 e. The van der Waals surface area contributed by atoms with Crippen LogP contribution >= 0.6 is 11.6 Å². The van der Waals surface area contributed by atoms with Crippen LogP contribution in [0.2, 0.25) is 5.02 Å². The highest BCUT2D eigenvalue weighted by molar-refractivity contribution is 6.30. The molecular weight excluding hydrogens is 360 g/mol. The van der Waals surface area contributed by atoms with Gasteiger partial charge in [0.15, 0.2) is 11.5 Å². The first-order chi connectivity index (χ1) is 12.5. The Labute approximate surface area is 153 Å². The minimum Gasteiger partial charge on any atom is -0.355 e. The predicted octanol–water partition coefficient (Wildman–Crippen LogP) is 1.81. The third-order valence-corrected chi connectivity index (χ3v) is 4.99. The van der Waals surface area contributed by atoms with Gasteiger partial charge in [-0.3, -0.25) is 14.9 Å². The van der Waals surface area contributed by atoms with Crippen molar-refractivity contribution in [2.45, 2.75) is 18.4 Å². The number of hydrogen-bond acceptors (Lipinski definition) is 5. The zero-order valence-corrected chi connectivity index (χ0v) is 14.4. The summed E-state index contributed by atoms with van der Waals surface area (Å²) in [5.74, 6) is -0.160. The Morgan fingerprint density at radius 1 is 1.23 bits per heavy atom. The van der Waals surface area contributed by atoms with Gasteiger partial charge in [0.05, 0.1) is 0 Å². The van der Waals surface area contributed by atoms with Crippen LogP contribution in [0.25, 0.3) is 11.3 Å². The normalized spacial score (nSPS) is 18.7. The smallest absolute Gasteiger partial charge is 0.322 e. The highest BCUT2D eigenvalue weighted by Gasteiger charge is 2.48. The van der Waals surface area contributed by atoms with Crippen LogP contribution < -0.4 is 10.6 Å². The molecule has 2 aromatic rings. The second kappa shape index (κ2) is 6.14. The van der Waals surface area contributed by atoms with E-state index in [1.807, 2.05) is 6.07 Å². The van der Waals surface area contributed by atoms with Crippen molar-refractivity contribution in [3.05, 3.63) is 41.0 Å². The van der Waals surface area contributed by atoms with Crippen molar-refractivity contribution in [3.8, 4) is 11.3 Å². The van der Waals surface area contributed by atoms with Crippen molar-refractivity contribution in [1.82, 2.24) is 20.7 Å². The van der Waals surface area contributed by atoms with Gasteiger partial charge in [-0.25, -0.2) is 4.79 Å². The van der Waals surface area contributed by atoms with Crippen LogP contribution in [-0.4, -0.2) is 46.5 Å². The number of piperidine rings is 1. The molecule has 4 amide bonds. The van der Waals surface area contributed by atoms with Gasteiger partial charge in [0.2, 0.25) is 0 Å². The lowest BCUT2D eigenvalue weighted by molar-refractivity contribution is -0.125. The minimum atomic E-state index is -0.913. The molecule has 8 nitrogen and oxygen atoms in total. The van der Waals surface area contributed by atoms with Gasteiger partial charge in [-0.2, -0.15) is 0 Å². The van der Waals surface area contributed by atoms with Crippen molar-refractivity contribution in [2.75, 3.05) is 13.1 Å². The number of likely N-dealkylation sites (tertiary alicyclic amines) is 1. The standard InChI is InChI=1S/C17H15ClN4O4/c18-11-3-1-2-10(8-11)13-9-12(21-26-13)14(23)22-6-4-17(5-7-22)15(24)19-16(25)20-17/h1-3,8-9H,4-7H2,(H2,19,20,24,25). The van der Waals surface area contributed by atoms with E-state index in [1.54, 1.807) is 29.2 Å². The van der Waals surface area contributed by atoms with Crippen molar-refractivity contribution in [1.29, 1.82) is 0 Å². The Morgan fingerprint density at radius 2 is 2.00 bits per heavy atom. The Kier molecular flexibility index (Phi) is 3.91. The summed E-state index contributed by atoms with van der Waals surface area (Å²) in [5, 5.41) is 9.33. The molecule has 0 bridgehead atoms.